The van der Waals surface area contributed by atoms with E-state index in [2.05, 4.69) is 36.3 Å². The van der Waals surface area contributed by atoms with Crippen molar-refractivity contribution in [1.29, 1.82) is 0 Å². The van der Waals surface area contributed by atoms with E-state index in [1.165, 1.54) is 15.4 Å². The number of benzene rings is 1. The van der Waals surface area contributed by atoms with E-state index in [4.69, 9.17) is 11.6 Å². The Morgan fingerprint density at radius 1 is 1.32 bits per heavy atom. The van der Waals surface area contributed by atoms with Crippen LogP contribution in [0.4, 0.5) is 0 Å². The van der Waals surface area contributed by atoms with Crippen LogP contribution in [0.2, 0.25) is 5.02 Å². The van der Waals surface area contributed by atoms with E-state index in [0.717, 1.165) is 24.4 Å². The third kappa shape index (κ3) is 4.60. The van der Waals surface area contributed by atoms with Gasteiger partial charge in [-0.3, -0.25) is 0 Å². The highest BCUT2D eigenvalue weighted by atomic mass is 35.5. The van der Waals surface area contributed by atoms with Crippen LogP contribution >= 0.6 is 22.9 Å². The minimum atomic E-state index is 0.438. The molecule has 19 heavy (non-hydrogen) atoms. The Morgan fingerprint density at radius 3 is 2.68 bits per heavy atom. The van der Waals surface area contributed by atoms with Gasteiger partial charge in [-0.2, -0.15) is 0 Å². The van der Waals surface area contributed by atoms with E-state index in [9.17, 15) is 0 Å². The minimum absolute atomic E-state index is 0.438. The molecule has 1 atom stereocenters. The van der Waals surface area contributed by atoms with Gasteiger partial charge < -0.3 is 5.32 Å². The summed E-state index contributed by atoms with van der Waals surface area (Å²) in [6.07, 6.45) is 4.01. The average Bonchev–Trinajstić information content (AvgIpc) is 2.87. The summed E-state index contributed by atoms with van der Waals surface area (Å²) in [5, 5.41) is 5.54. The van der Waals surface area contributed by atoms with Gasteiger partial charge in [0.1, 0.15) is 0 Å². The van der Waals surface area contributed by atoms with Gasteiger partial charge in [0.05, 0.1) is 5.01 Å². The molecule has 0 radical (unpaired) electrons. The van der Waals surface area contributed by atoms with Gasteiger partial charge in [0.15, 0.2) is 0 Å². The lowest BCUT2D eigenvalue weighted by atomic mass is 10.1. The number of nitrogens with one attached hydrogen (secondary N) is 1. The summed E-state index contributed by atoms with van der Waals surface area (Å²) in [5.74, 6) is 0. The van der Waals surface area contributed by atoms with Gasteiger partial charge in [-0.25, -0.2) is 4.98 Å². The summed E-state index contributed by atoms with van der Waals surface area (Å²) >= 11 is 7.68. The van der Waals surface area contributed by atoms with Gasteiger partial charge in [0, 0.05) is 28.7 Å². The molecule has 0 aliphatic rings. The molecule has 2 nitrogen and oxygen atoms in total. The Balaban J connectivity index is 1.81. The van der Waals surface area contributed by atoms with Gasteiger partial charge in [-0.1, -0.05) is 30.7 Å². The maximum Gasteiger partial charge on any atom is 0.0925 e. The highest BCUT2D eigenvalue weighted by Crippen LogP contribution is 2.14. The topological polar surface area (TPSA) is 24.9 Å². The molecule has 0 spiro atoms. The molecule has 2 rings (SSSR count). The maximum atomic E-state index is 5.88. The molecule has 4 heteroatoms. The first-order valence-electron chi connectivity index (χ1n) is 6.58. The smallest absolute Gasteiger partial charge is 0.0925 e. The van der Waals surface area contributed by atoms with Crippen LogP contribution in [0.25, 0.3) is 0 Å². The summed E-state index contributed by atoms with van der Waals surface area (Å²) in [4.78, 5) is 5.68. The van der Waals surface area contributed by atoms with Crippen LogP contribution < -0.4 is 5.32 Å². The lowest BCUT2D eigenvalue weighted by Gasteiger charge is -2.13. The van der Waals surface area contributed by atoms with E-state index in [-0.39, 0.29) is 0 Å². The molecule has 1 unspecified atom stereocenters. The third-order valence-corrected chi connectivity index (χ3v) is 4.38. The first kappa shape index (κ1) is 14.5. The zero-order valence-electron chi connectivity index (χ0n) is 11.3. The molecule has 1 N–H and O–H groups in total. The third-order valence-electron chi connectivity index (χ3n) is 2.98. The number of rotatable bonds is 6. The maximum absolute atomic E-state index is 5.88. The van der Waals surface area contributed by atoms with Crippen molar-refractivity contribution < 1.29 is 0 Å². The zero-order chi connectivity index (χ0) is 13.7. The average molecular weight is 295 g/mol. The second kappa shape index (κ2) is 7.04. The monoisotopic (exact) mass is 294 g/mol. The Bertz CT molecular complexity index is 507. The Kier molecular flexibility index (Phi) is 5.37. The number of thiazole rings is 1. The van der Waals surface area contributed by atoms with Crippen LogP contribution in [-0.4, -0.2) is 11.0 Å². The Labute approximate surface area is 123 Å². The van der Waals surface area contributed by atoms with Crippen LogP contribution in [0, 0.1) is 0 Å². The van der Waals surface area contributed by atoms with E-state index < -0.39 is 0 Å². The van der Waals surface area contributed by atoms with E-state index in [0.29, 0.717) is 6.04 Å². The van der Waals surface area contributed by atoms with Crippen molar-refractivity contribution in [1.82, 2.24) is 10.3 Å². The molecular weight excluding hydrogens is 276 g/mol. The fourth-order valence-corrected chi connectivity index (χ4v) is 2.85. The molecule has 0 saturated heterocycles. The molecule has 2 aromatic rings. The minimum Gasteiger partial charge on any atom is -0.309 e. The highest BCUT2D eigenvalue weighted by molar-refractivity contribution is 7.11. The predicted molar refractivity (Wildman–Crippen MR) is 82.9 cm³/mol. The first-order chi connectivity index (χ1) is 9.17. The molecule has 1 aromatic heterocycles. The van der Waals surface area contributed by atoms with Gasteiger partial charge in [0.25, 0.3) is 0 Å². The molecule has 102 valence electrons. The summed E-state index contributed by atoms with van der Waals surface area (Å²) in [6.45, 7) is 5.24. The summed E-state index contributed by atoms with van der Waals surface area (Å²) < 4.78 is 0. The van der Waals surface area contributed by atoms with Gasteiger partial charge >= 0.3 is 0 Å². The van der Waals surface area contributed by atoms with Crippen molar-refractivity contribution in [3.05, 3.63) is 50.9 Å². The number of nitrogens with zero attached hydrogens (tertiary/aromatic N) is 1. The first-order valence-corrected chi connectivity index (χ1v) is 7.78. The van der Waals surface area contributed by atoms with Crippen LogP contribution in [0.3, 0.4) is 0 Å². The van der Waals surface area contributed by atoms with Crippen LogP contribution in [0.1, 0.15) is 29.3 Å². The highest BCUT2D eigenvalue weighted by Gasteiger charge is 2.05. The number of hydrogen-bond acceptors (Lipinski definition) is 3. The van der Waals surface area contributed by atoms with Crippen molar-refractivity contribution in [2.45, 2.75) is 39.3 Å². The molecule has 0 fully saturated rings. The van der Waals surface area contributed by atoms with Crippen molar-refractivity contribution in [3.63, 3.8) is 0 Å². The molecule has 0 amide bonds. The lowest BCUT2D eigenvalue weighted by molar-refractivity contribution is 0.548. The fraction of sp³-hybridized carbons (Fsp3) is 0.400. The molecule has 0 bridgehead atoms. The normalized spacial score (nSPS) is 12.6. The molecule has 1 heterocycles. The standard InChI is InChI=1S/C15H19ClN2S/c1-3-15-18-10-14(19-15)9-17-11(2)8-12-4-6-13(16)7-5-12/h4-7,10-11,17H,3,8-9H2,1-2H3. The zero-order valence-corrected chi connectivity index (χ0v) is 12.9. The second-order valence-electron chi connectivity index (χ2n) is 4.69. The van der Waals surface area contributed by atoms with Crippen LogP contribution in [0.5, 0.6) is 0 Å². The van der Waals surface area contributed by atoms with E-state index >= 15 is 0 Å². The van der Waals surface area contributed by atoms with Gasteiger partial charge in [0.2, 0.25) is 0 Å². The number of hydrogen-bond donors (Lipinski definition) is 1. The lowest BCUT2D eigenvalue weighted by Crippen LogP contribution is -2.27. The van der Waals surface area contributed by atoms with Crippen molar-refractivity contribution in [3.8, 4) is 0 Å². The quantitative estimate of drug-likeness (QED) is 0.868. The number of halogens is 1. The molecular formula is C15H19ClN2S. The molecule has 0 aliphatic heterocycles. The Hall–Kier alpha value is -0.900. The van der Waals surface area contributed by atoms with Crippen molar-refractivity contribution in [2.24, 2.45) is 0 Å². The van der Waals surface area contributed by atoms with Gasteiger partial charge in [-0.15, -0.1) is 11.3 Å². The van der Waals surface area contributed by atoms with Crippen molar-refractivity contribution >= 4 is 22.9 Å². The van der Waals surface area contributed by atoms with Crippen molar-refractivity contribution in [2.75, 3.05) is 0 Å². The summed E-state index contributed by atoms with van der Waals surface area (Å²) in [7, 11) is 0. The molecule has 1 aromatic carbocycles. The predicted octanol–water partition coefficient (Wildman–Crippen LogP) is 4.08. The number of aryl methyl sites for hydroxylation is 1. The number of aromatic nitrogens is 1. The second-order valence-corrected chi connectivity index (χ2v) is 6.32. The Morgan fingerprint density at radius 2 is 2.05 bits per heavy atom. The molecule has 0 aliphatic carbocycles. The van der Waals surface area contributed by atoms with E-state index in [1.54, 1.807) is 11.3 Å². The summed E-state index contributed by atoms with van der Waals surface area (Å²) in [5.41, 5.74) is 1.31. The van der Waals surface area contributed by atoms with Crippen LogP contribution in [-0.2, 0) is 19.4 Å². The SMILES string of the molecule is CCc1ncc(CNC(C)Cc2ccc(Cl)cc2)s1. The largest absolute Gasteiger partial charge is 0.309 e. The van der Waals surface area contributed by atoms with Gasteiger partial charge in [-0.05, 0) is 37.5 Å². The summed E-state index contributed by atoms with van der Waals surface area (Å²) in [6, 6.07) is 8.50. The van der Waals surface area contributed by atoms with Crippen LogP contribution in [0.15, 0.2) is 30.5 Å². The van der Waals surface area contributed by atoms with E-state index in [1.807, 2.05) is 18.3 Å². The molecule has 0 saturated carbocycles. The fourth-order valence-electron chi connectivity index (χ4n) is 1.91.